The van der Waals surface area contributed by atoms with Gasteiger partial charge < -0.3 is 0 Å². The molecule has 0 aliphatic rings. The molecular formula is C15H13N5OS. The summed E-state index contributed by atoms with van der Waals surface area (Å²) in [6.45, 7) is 4.01. The van der Waals surface area contributed by atoms with Gasteiger partial charge in [0, 0.05) is 6.20 Å². The number of benzene rings is 1. The minimum Gasteiger partial charge on any atom is -0.258 e. The lowest BCUT2D eigenvalue weighted by molar-refractivity contribution is 0.315. The van der Waals surface area contributed by atoms with Crippen molar-refractivity contribution in [3.05, 3.63) is 40.7 Å². The lowest BCUT2D eigenvalue weighted by Crippen LogP contribution is -1.98. The average Bonchev–Trinajstić information content (AvgIpc) is 3.18. The van der Waals surface area contributed by atoms with Crippen molar-refractivity contribution in [3.8, 4) is 0 Å². The van der Waals surface area contributed by atoms with Crippen LogP contribution >= 0.6 is 11.7 Å². The van der Waals surface area contributed by atoms with Gasteiger partial charge in [0.1, 0.15) is 16.6 Å². The summed E-state index contributed by atoms with van der Waals surface area (Å²) in [4.78, 5) is 4.48. The Morgan fingerprint density at radius 3 is 2.64 bits per heavy atom. The molecule has 0 N–H and O–H groups in total. The third kappa shape index (κ3) is 2.05. The number of rotatable bonds is 3. The molecule has 6 nitrogen and oxygen atoms in total. The Kier molecular flexibility index (Phi) is 3.07. The lowest BCUT2D eigenvalue weighted by Gasteiger charge is -2.04. The molecule has 7 heteroatoms. The summed E-state index contributed by atoms with van der Waals surface area (Å²) < 4.78 is 13.6. The van der Waals surface area contributed by atoms with Gasteiger partial charge in [0.2, 0.25) is 0 Å². The Balaban J connectivity index is 1.69. The topological polar surface area (TPSA) is 77.6 Å². The standard InChI is InChI=1S/C15H13N5OS/c1-8-3-4-10(14-13(8)19-22-20-14)5-6-11-15-12(17-21-18-15)9(2)7-16-11/h3-4,7H,5-6H2,1-2H3. The van der Waals surface area contributed by atoms with Crippen LogP contribution in [0.25, 0.3) is 22.1 Å². The fourth-order valence-electron chi connectivity index (χ4n) is 2.61. The summed E-state index contributed by atoms with van der Waals surface area (Å²) in [5, 5.41) is 7.92. The van der Waals surface area contributed by atoms with Crippen molar-refractivity contribution in [2.45, 2.75) is 26.7 Å². The van der Waals surface area contributed by atoms with Gasteiger partial charge in [-0.3, -0.25) is 4.98 Å². The first kappa shape index (κ1) is 13.3. The van der Waals surface area contributed by atoms with Gasteiger partial charge in [-0.2, -0.15) is 8.75 Å². The number of fused-ring (bicyclic) bond motifs is 2. The van der Waals surface area contributed by atoms with Gasteiger partial charge in [-0.1, -0.05) is 12.1 Å². The van der Waals surface area contributed by atoms with Gasteiger partial charge in [0.25, 0.3) is 0 Å². The van der Waals surface area contributed by atoms with E-state index in [-0.39, 0.29) is 0 Å². The highest BCUT2D eigenvalue weighted by Crippen LogP contribution is 2.23. The fourth-order valence-corrected chi connectivity index (χ4v) is 3.25. The van der Waals surface area contributed by atoms with Gasteiger partial charge in [0.15, 0.2) is 5.52 Å². The summed E-state index contributed by atoms with van der Waals surface area (Å²) in [5.41, 5.74) is 7.74. The average molecular weight is 311 g/mol. The smallest absolute Gasteiger partial charge is 0.156 e. The molecule has 110 valence electrons. The van der Waals surface area contributed by atoms with Crippen molar-refractivity contribution in [2.75, 3.05) is 0 Å². The highest BCUT2D eigenvalue weighted by molar-refractivity contribution is 7.00. The third-order valence-electron chi connectivity index (χ3n) is 3.88. The Hall–Kier alpha value is -2.41. The second-order valence-corrected chi connectivity index (χ2v) is 5.88. The van der Waals surface area contributed by atoms with Crippen LogP contribution in [-0.4, -0.2) is 24.0 Å². The number of pyridine rings is 1. The van der Waals surface area contributed by atoms with Gasteiger partial charge in [0.05, 0.1) is 17.4 Å². The van der Waals surface area contributed by atoms with Crippen molar-refractivity contribution < 1.29 is 4.63 Å². The van der Waals surface area contributed by atoms with Crippen LogP contribution < -0.4 is 0 Å². The lowest BCUT2D eigenvalue weighted by atomic mass is 10.0. The highest BCUT2D eigenvalue weighted by Gasteiger charge is 2.13. The van der Waals surface area contributed by atoms with E-state index in [1.807, 2.05) is 13.1 Å². The first-order chi connectivity index (χ1) is 10.7. The molecule has 0 spiro atoms. The predicted molar refractivity (Wildman–Crippen MR) is 83.9 cm³/mol. The van der Waals surface area contributed by atoms with E-state index in [2.05, 4.69) is 43.1 Å². The Bertz CT molecular complexity index is 895. The Morgan fingerprint density at radius 2 is 1.73 bits per heavy atom. The van der Waals surface area contributed by atoms with Gasteiger partial charge in [-0.15, -0.1) is 0 Å². The number of aromatic nitrogens is 5. The summed E-state index contributed by atoms with van der Waals surface area (Å²) in [5.74, 6) is 0. The van der Waals surface area contributed by atoms with Crippen LogP contribution in [0.4, 0.5) is 0 Å². The van der Waals surface area contributed by atoms with E-state index in [1.54, 1.807) is 0 Å². The van der Waals surface area contributed by atoms with Crippen molar-refractivity contribution in [2.24, 2.45) is 0 Å². The van der Waals surface area contributed by atoms with Crippen LogP contribution in [-0.2, 0) is 12.8 Å². The molecule has 4 rings (SSSR count). The third-order valence-corrected chi connectivity index (χ3v) is 4.41. The van der Waals surface area contributed by atoms with Crippen LogP contribution in [0.2, 0.25) is 0 Å². The molecule has 0 saturated heterocycles. The van der Waals surface area contributed by atoms with Gasteiger partial charge >= 0.3 is 0 Å². The fraction of sp³-hybridized carbons (Fsp3) is 0.267. The molecule has 0 atom stereocenters. The molecule has 0 amide bonds. The largest absolute Gasteiger partial charge is 0.258 e. The normalized spacial score (nSPS) is 11.5. The van der Waals surface area contributed by atoms with E-state index in [1.165, 1.54) is 17.3 Å². The number of aryl methyl sites for hydroxylation is 4. The van der Waals surface area contributed by atoms with Gasteiger partial charge in [-0.25, -0.2) is 4.63 Å². The summed E-state index contributed by atoms with van der Waals surface area (Å²) >= 11 is 1.26. The molecule has 0 unspecified atom stereocenters. The van der Waals surface area contributed by atoms with E-state index in [9.17, 15) is 0 Å². The van der Waals surface area contributed by atoms with Crippen LogP contribution in [0.1, 0.15) is 22.4 Å². The molecule has 1 aromatic carbocycles. The quantitative estimate of drug-likeness (QED) is 0.579. The first-order valence-corrected chi connectivity index (χ1v) is 7.74. The van der Waals surface area contributed by atoms with E-state index >= 15 is 0 Å². The first-order valence-electron chi connectivity index (χ1n) is 7.01. The molecule has 0 fully saturated rings. The Labute approximate surface area is 130 Å². The molecule has 3 aromatic heterocycles. The maximum Gasteiger partial charge on any atom is 0.156 e. The summed E-state index contributed by atoms with van der Waals surface area (Å²) in [6, 6.07) is 4.21. The zero-order valence-corrected chi connectivity index (χ0v) is 13.0. The minimum atomic E-state index is 0.750. The number of hydrogen-bond acceptors (Lipinski definition) is 7. The van der Waals surface area contributed by atoms with E-state index < -0.39 is 0 Å². The van der Waals surface area contributed by atoms with Crippen LogP contribution in [0.5, 0.6) is 0 Å². The Morgan fingerprint density at radius 1 is 0.909 bits per heavy atom. The number of nitrogens with zero attached hydrogens (tertiary/aromatic N) is 5. The zero-order chi connectivity index (χ0) is 15.1. The van der Waals surface area contributed by atoms with Crippen LogP contribution in [0.3, 0.4) is 0 Å². The molecule has 22 heavy (non-hydrogen) atoms. The minimum absolute atomic E-state index is 0.750. The van der Waals surface area contributed by atoms with Crippen LogP contribution in [0.15, 0.2) is 23.0 Å². The summed E-state index contributed by atoms with van der Waals surface area (Å²) in [7, 11) is 0. The second kappa shape index (κ2) is 5.10. The van der Waals surface area contributed by atoms with E-state index in [4.69, 9.17) is 4.63 Å². The molecular weight excluding hydrogens is 298 g/mol. The molecule has 0 radical (unpaired) electrons. The van der Waals surface area contributed by atoms with Crippen molar-refractivity contribution >= 4 is 33.8 Å². The molecule has 0 aliphatic carbocycles. The zero-order valence-electron chi connectivity index (χ0n) is 12.2. The monoisotopic (exact) mass is 311 g/mol. The van der Waals surface area contributed by atoms with E-state index in [0.717, 1.165) is 51.7 Å². The van der Waals surface area contributed by atoms with Crippen molar-refractivity contribution in [1.82, 2.24) is 24.0 Å². The van der Waals surface area contributed by atoms with Crippen molar-refractivity contribution in [1.29, 1.82) is 0 Å². The maximum absolute atomic E-state index is 4.85. The van der Waals surface area contributed by atoms with E-state index in [0.29, 0.717) is 0 Å². The maximum atomic E-state index is 4.85. The SMILES string of the molecule is Cc1ccc(CCc2ncc(C)c3nonc23)c2nsnc12. The highest BCUT2D eigenvalue weighted by atomic mass is 32.1. The second-order valence-electron chi connectivity index (χ2n) is 5.35. The molecule has 0 bridgehead atoms. The predicted octanol–water partition coefficient (Wildman–Crippen LogP) is 3.02. The van der Waals surface area contributed by atoms with Crippen LogP contribution in [0, 0.1) is 13.8 Å². The van der Waals surface area contributed by atoms with Gasteiger partial charge in [-0.05, 0) is 53.7 Å². The molecule has 4 aromatic rings. The molecule has 3 heterocycles. The van der Waals surface area contributed by atoms with Crippen molar-refractivity contribution in [3.63, 3.8) is 0 Å². The molecule has 0 saturated carbocycles. The number of hydrogen-bond donors (Lipinski definition) is 0. The molecule has 0 aliphatic heterocycles. The summed E-state index contributed by atoms with van der Waals surface area (Å²) in [6.07, 6.45) is 3.41.